The molecule has 0 aromatic heterocycles. The van der Waals surface area contributed by atoms with Crippen LogP contribution in [-0.2, 0) is 0 Å². The first-order valence-corrected chi connectivity index (χ1v) is 12.0. The van der Waals surface area contributed by atoms with E-state index in [4.69, 9.17) is 0 Å². The zero-order chi connectivity index (χ0) is 18.9. The molecule has 0 N–H and O–H groups in total. The highest BCUT2D eigenvalue weighted by atomic mass is 28.3. The van der Waals surface area contributed by atoms with Crippen molar-refractivity contribution in [3.63, 3.8) is 0 Å². The Labute approximate surface area is 160 Å². The van der Waals surface area contributed by atoms with Crippen molar-refractivity contribution < 1.29 is 0 Å². The number of allylic oxidation sites excluding steroid dienone is 4. The van der Waals surface area contributed by atoms with Gasteiger partial charge in [0.1, 0.15) is 8.07 Å². The molecule has 2 aromatic carbocycles. The highest BCUT2D eigenvalue weighted by Crippen LogP contribution is 2.54. The first kappa shape index (κ1) is 18.9. The van der Waals surface area contributed by atoms with Gasteiger partial charge in [-0.05, 0) is 38.3 Å². The van der Waals surface area contributed by atoms with Gasteiger partial charge in [-0.3, -0.25) is 0 Å². The third kappa shape index (κ3) is 2.83. The topological polar surface area (TPSA) is 0 Å². The minimum absolute atomic E-state index is 0.105. The van der Waals surface area contributed by atoms with E-state index in [0.29, 0.717) is 5.92 Å². The van der Waals surface area contributed by atoms with Crippen molar-refractivity contribution >= 4 is 18.4 Å². The minimum Gasteiger partial charge on any atom is -0.0733 e. The van der Waals surface area contributed by atoms with Crippen LogP contribution in [0.5, 0.6) is 0 Å². The number of hydrogen-bond acceptors (Lipinski definition) is 0. The monoisotopic (exact) mass is 360 g/mol. The zero-order valence-electron chi connectivity index (χ0n) is 17.1. The molecular weight excluding hydrogens is 328 g/mol. The minimum atomic E-state index is -2.08. The average molecular weight is 361 g/mol. The van der Waals surface area contributed by atoms with Crippen molar-refractivity contribution in [3.05, 3.63) is 83.5 Å². The molecule has 0 saturated carbocycles. The lowest BCUT2D eigenvalue weighted by molar-refractivity contribution is 0.703. The van der Waals surface area contributed by atoms with Gasteiger partial charge < -0.3 is 0 Å². The molecule has 0 radical (unpaired) electrons. The Bertz CT molecular complexity index is 787. The van der Waals surface area contributed by atoms with Crippen LogP contribution in [0.3, 0.4) is 0 Å². The van der Waals surface area contributed by atoms with Crippen molar-refractivity contribution in [2.45, 2.75) is 52.6 Å². The van der Waals surface area contributed by atoms with Gasteiger partial charge in [0.05, 0.1) is 0 Å². The lowest BCUT2D eigenvalue weighted by Crippen LogP contribution is -2.65. The largest absolute Gasteiger partial charge is 0.131 e. The number of hydrogen-bond donors (Lipinski definition) is 0. The van der Waals surface area contributed by atoms with Crippen LogP contribution >= 0.6 is 0 Å². The summed E-state index contributed by atoms with van der Waals surface area (Å²) in [6, 6.07) is 24.0. The van der Waals surface area contributed by atoms with Gasteiger partial charge >= 0.3 is 0 Å². The Kier molecular flexibility index (Phi) is 5.12. The Morgan fingerprint density at radius 3 is 1.62 bits per heavy atom. The first-order chi connectivity index (χ1) is 12.3. The van der Waals surface area contributed by atoms with Crippen LogP contribution in [0.15, 0.2) is 83.5 Å². The van der Waals surface area contributed by atoms with Gasteiger partial charge in [0, 0.05) is 5.04 Å². The predicted octanol–water partition coefficient (Wildman–Crippen LogP) is 5.96. The lowest BCUT2D eigenvalue weighted by Gasteiger charge is -2.47. The molecule has 1 unspecified atom stereocenters. The second-order valence-corrected chi connectivity index (χ2v) is 12.9. The maximum absolute atomic E-state index is 2.59. The summed E-state index contributed by atoms with van der Waals surface area (Å²) in [4.78, 5) is 0. The molecule has 0 saturated heterocycles. The maximum Gasteiger partial charge on any atom is 0.131 e. The average Bonchev–Trinajstić information content (AvgIpc) is 2.85. The summed E-state index contributed by atoms with van der Waals surface area (Å²) in [5.41, 5.74) is 4.51. The van der Waals surface area contributed by atoms with Crippen LogP contribution in [0, 0.1) is 5.92 Å². The molecule has 1 aliphatic rings. The standard InChI is InChI=1S/C25H32Si/c1-19(2)18-26(23-13-9-7-10-14-23,24-15-11-8-12-16-24)25(6)17-20(3)21(4)22(25)5/h7-17,19H,18H2,1-6H3. The van der Waals surface area contributed by atoms with E-state index in [1.165, 1.54) is 17.2 Å². The maximum atomic E-state index is 2.59. The van der Waals surface area contributed by atoms with Crippen molar-refractivity contribution in [1.29, 1.82) is 0 Å². The molecule has 26 heavy (non-hydrogen) atoms. The summed E-state index contributed by atoms with van der Waals surface area (Å²) in [6.45, 7) is 14.2. The normalized spacial score (nSPS) is 20.7. The Morgan fingerprint density at radius 1 is 0.808 bits per heavy atom. The summed E-state index contributed by atoms with van der Waals surface area (Å²) in [6.07, 6.45) is 2.59. The molecule has 136 valence electrons. The van der Waals surface area contributed by atoms with E-state index in [0.717, 1.165) is 0 Å². The molecule has 0 spiro atoms. The van der Waals surface area contributed by atoms with Crippen LogP contribution < -0.4 is 10.4 Å². The molecule has 0 aliphatic heterocycles. The van der Waals surface area contributed by atoms with E-state index in [2.05, 4.69) is 108 Å². The van der Waals surface area contributed by atoms with E-state index in [9.17, 15) is 0 Å². The molecule has 3 rings (SSSR count). The number of rotatable bonds is 5. The predicted molar refractivity (Wildman–Crippen MR) is 118 cm³/mol. The molecule has 2 aromatic rings. The third-order valence-electron chi connectivity index (χ3n) is 6.57. The highest BCUT2D eigenvalue weighted by Gasteiger charge is 2.54. The quantitative estimate of drug-likeness (QED) is 0.577. The summed E-state index contributed by atoms with van der Waals surface area (Å²) < 4.78 is 0. The van der Waals surface area contributed by atoms with Gasteiger partial charge in [-0.1, -0.05) is 109 Å². The van der Waals surface area contributed by atoms with Crippen molar-refractivity contribution in [1.82, 2.24) is 0 Å². The van der Waals surface area contributed by atoms with Gasteiger partial charge in [-0.2, -0.15) is 0 Å². The Balaban J connectivity index is 2.40. The van der Waals surface area contributed by atoms with E-state index in [-0.39, 0.29) is 5.04 Å². The molecule has 1 atom stereocenters. The van der Waals surface area contributed by atoms with Crippen molar-refractivity contribution in [2.75, 3.05) is 0 Å². The molecule has 0 bridgehead atoms. The van der Waals surface area contributed by atoms with Crippen LogP contribution in [0.1, 0.15) is 41.5 Å². The van der Waals surface area contributed by atoms with Crippen molar-refractivity contribution in [3.8, 4) is 0 Å². The lowest BCUT2D eigenvalue weighted by atomic mass is 10.0. The van der Waals surface area contributed by atoms with Crippen molar-refractivity contribution in [2.24, 2.45) is 5.92 Å². The third-order valence-corrected chi connectivity index (χ3v) is 12.9. The smallest absolute Gasteiger partial charge is 0.0733 e. The first-order valence-electron chi connectivity index (χ1n) is 9.82. The molecular formula is C25H32Si. The molecule has 1 aliphatic carbocycles. The summed E-state index contributed by atoms with van der Waals surface area (Å²) in [5, 5.41) is 3.22. The molecule has 0 amide bonds. The highest BCUT2D eigenvalue weighted by molar-refractivity contribution is 7.05. The SMILES string of the molecule is CC1=CC(C)([Si](CC(C)C)(c2ccccc2)c2ccccc2)C(C)=C1C. The van der Waals surface area contributed by atoms with Gasteiger partial charge in [-0.25, -0.2) is 0 Å². The van der Waals surface area contributed by atoms with E-state index in [1.807, 2.05) is 0 Å². The van der Waals surface area contributed by atoms with Gasteiger partial charge in [0.25, 0.3) is 0 Å². The summed E-state index contributed by atoms with van der Waals surface area (Å²) in [5.74, 6) is 0.654. The van der Waals surface area contributed by atoms with Gasteiger partial charge in [0.2, 0.25) is 0 Å². The Morgan fingerprint density at radius 2 is 1.27 bits per heavy atom. The fourth-order valence-electron chi connectivity index (χ4n) is 5.05. The van der Waals surface area contributed by atoms with Crippen LogP contribution in [-0.4, -0.2) is 8.07 Å². The second-order valence-electron chi connectivity index (χ2n) is 8.52. The van der Waals surface area contributed by atoms with Gasteiger partial charge in [0.15, 0.2) is 0 Å². The van der Waals surface area contributed by atoms with Crippen LogP contribution in [0.2, 0.25) is 11.1 Å². The summed E-state index contributed by atoms with van der Waals surface area (Å²) >= 11 is 0. The number of benzene rings is 2. The fraction of sp³-hybridized carbons (Fsp3) is 0.360. The van der Waals surface area contributed by atoms with Gasteiger partial charge in [-0.15, -0.1) is 0 Å². The van der Waals surface area contributed by atoms with E-state index < -0.39 is 8.07 Å². The zero-order valence-corrected chi connectivity index (χ0v) is 18.1. The molecule has 0 fully saturated rings. The molecule has 0 nitrogen and oxygen atoms in total. The summed E-state index contributed by atoms with van der Waals surface area (Å²) in [7, 11) is -2.08. The fourth-order valence-corrected chi connectivity index (χ4v) is 11.5. The second kappa shape index (κ2) is 7.04. The van der Waals surface area contributed by atoms with E-state index >= 15 is 0 Å². The molecule has 0 heterocycles. The van der Waals surface area contributed by atoms with Crippen LogP contribution in [0.4, 0.5) is 0 Å². The van der Waals surface area contributed by atoms with Crippen LogP contribution in [0.25, 0.3) is 0 Å². The molecule has 1 heteroatoms. The Hall–Kier alpha value is -1.86. The van der Waals surface area contributed by atoms with E-state index in [1.54, 1.807) is 15.9 Å².